The predicted molar refractivity (Wildman–Crippen MR) is 213 cm³/mol. The van der Waals surface area contributed by atoms with Crippen molar-refractivity contribution in [2.75, 3.05) is 0 Å². The minimum atomic E-state index is -0.0288. The molecular formula is C47H36N4. The van der Waals surface area contributed by atoms with Crippen LogP contribution in [0.15, 0.2) is 169 Å². The molecule has 8 aromatic rings. The molecule has 3 N–H and O–H groups in total. The summed E-state index contributed by atoms with van der Waals surface area (Å²) >= 11 is 0. The Labute approximate surface area is 297 Å². The molecule has 1 aliphatic carbocycles. The second kappa shape index (κ2) is 11.8. The first-order valence-corrected chi connectivity index (χ1v) is 17.3. The minimum Gasteiger partial charge on any atom is -0.383 e. The molecule has 0 spiro atoms. The van der Waals surface area contributed by atoms with Crippen LogP contribution in [-0.4, -0.2) is 16.2 Å². The van der Waals surface area contributed by atoms with Crippen molar-refractivity contribution < 1.29 is 0 Å². The number of hydrogen-bond donors (Lipinski definition) is 2. The highest BCUT2D eigenvalue weighted by Crippen LogP contribution is 2.49. The number of aromatic nitrogens is 1. The maximum absolute atomic E-state index is 8.48. The van der Waals surface area contributed by atoms with E-state index in [0.29, 0.717) is 5.84 Å². The minimum absolute atomic E-state index is 0.0288. The van der Waals surface area contributed by atoms with Crippen molar-refractivity contribution in [3.05, 3.63) is 186 Å². The number of nitrogens with zero attached hydrogens (tertiary/aromatic N) is 2. The summed E-state index contributed by atoms with van der Waals surface area (Å²) < 4.78 is 2.30. The summed E-state index contributed by atoms with van der Waals surface area (Å²) in [6.07, 6.45) is 0. The summed E-state index contributed by atoms with van der Waals surface area (Å²) in [5.74, 6) is 0.445. The standard InChI is InChI=1S/C47H36N4/c1-47(2)41-17-8-6-15-37(41)38-25-23-33(28-42(38)47)30-19-21-31(22-20-30)34-24-26-40-39-16-7-9-18-43(39)51(44(40)29-34)36-14-10-13-35(27-36)46(49)50-45(48)32-11-4-3-5-12-32/h3-29H,1-2H3,(H3,48,49,50). The van der Waals surface area contributed by atoms with Crippen LogP contribution in [0.2, 0.25) is 0 Å². The number of fused-ring (bicyclic) bond motifs is 6. The third-order valence-corrected chi connectivity index (χ3v) is 10.5. The van der Waals surface area contributed by atoms with Crippen LogP contribution < -0.4 is 5.73 Å². The molecule has 7 aromatic carbocycles. The van der Waals surface area contributed by atoms with Gasteiger partial charge in [-0.15, -0.1) is 0 Å². The highest BCUT2D eigenvalue weighted by molar-refractivity contribution is 6.12. The van der Waals surface area contributed by atoms with E-state index in [2.05, 4.69) is 145 Å². The molecular weight excluding hydrogens is 621 g/mol. The predicted octanol–water partition coefficient (Wildman–Crippen LogP) is 11.2. The molecule has 51 heavy (non-hydrogen) atoms. The molecule has 0 bridgehead atoms. The molecule has 0 saturated heterocycles. The molecule has 0 fully saturated rings. The zero-order valence-electron chi connectivity index (χ0n) is 28.6. The van der Waals surface area contributed by atoms with Gasteiger partial charge in [-0.05, 0) is 74.8 Å². The van der Waals surface area contributed by atoms with Gasteiger partial charge in [0, 0.05) is 33.0 Å². The van der Waals surface area contributed by atoms with E-state index >= 15 is 0 Å². The van der Waals surface area contributed by atoms with Crippen LogP contribution in [-0.2, 0) is 5.41 Å². The average molecular weight is 657 g/mol. The molecule has 9 rings (SSSR count). The third-order valence-electron chi connectivity index (χ3n) is 10.5. The molecule has 1 aromatic heterocycles. The summed E-state index contributed by atoms with van der Waals surface area (Å²) in [6.45, 7) is 4.66. The molecule has 0 atom stereocenters. The van der Waals surface area contributed by atoms with Crippen molar-refractivity contribution in [3.8, 4) is 39.1 Å². The Kier molecular flexibility index (Phi) is 7.08. The molecule has 244 valence electrons. The summed E-state index contributed by atoms with van der Waals surface area (Å²) in [7, 11) is 0. The van der Waals surface area contributed by atoms with Gasteiger partial charge in [0.1, 0.15) is 5.84 Å². The first-order chi connectivity index (χ1) is 24.9. The molecule has 0 aliphatic heterocycles. The smallest absolute Gasteiger partial charge is 0.154 e. The van der Waals surface area contributed by atoms with Gasteiger partial charge in [0.25, 0.3) is 0 Å². The Morgan fingerprint density at radius 1 is 0.529 bits per heavy atom. The molecule has 0 amide bonds. The monoisotopic (exact) mass is 656 g/mol. The second-order valence-corrected chi connectivity index (χ2v) is 13.9. The normalized spacial score (nSPS) is 13.3. The number of hydrogen-bond acceptors (Lipinski definition) is 1. The SMILES string of the molecule is CC1(C)c2ccccc2-c2ccc(-c3ccc(-c4ccc5c6ccccc6n(-c6cccc(C(N)=NC(=N)c7ccccc7)c6)c5c4)cc3)cc21. The van der Waals surface area contributed by atoms with Crippen molar-refractivity contribution in [2.24, 2.45) is 10.7 Å². The Balaban J connectivity index is 1.08. The summed E-state index contributed by atoms with van der Waals surface area (Å²) in [5.41, 5.74) is 21.4. The van der Waals surface area contributed by atoms with E-state index in [-0.39, 0.29) is 11.3 Å². The molecule has 0 radical (unpaired) electrons. The number of para-hydroxylation sites is 1. The number of amidine groups is 2. The molecule has 1 heterocycles. The lowest BCUT2D eigenvalue weighted by Crippen LogP contribution is -2.16. The van der Waals surface area contributed by atoms with Gasteiger partial charge in [-0.25, -0.2) is 4.99 Å². The maximum Gasteiger partial charge on any atom is 0.154 e. The van der Waals surface area contributed by atoms with Crippen molar-refractivity contribution >= 4 is 33.5 Å². The van der Waals surface area contributed by atoms with Crippen LogP contribution in [0.25, 0.3) is 60.9 Å². The fourth-order valence-corrected chi connectivity index (χ4v) is 7.82. The van der Waals surface area contributed by atoms with Crippen molar-refractivity contribution in [1.82, 2.24) is 4.57 Å². The van der Waals surface area contributed by atoms with Crippen molar-refractivity contribution in [1.29, 1.82) is 5.41 Å². The Bertz CT molecular complexity index is 2680. The van der Waals surface area contributed by atoms with E-state index in [9.17, 15) is 0 Å². The zero-order valence-corrected chi connectivity index (χ0v) is 28.6. The second-order valence-electron chi connectivity index (χ2n) is 13.9. The van der Waals surface area contributed by atoms with Gasteiger partial charge in [-0.1, -0.05) is 147 Å². The maximum atomic E-state index is 8.48. The van der Waals surface area contributed by atoms with Crippen LogP contribution in [0.1, 0.15) is 36.1 Å². The lowest BCUT2D eigenvalue weighted by atomic mass is 9.81. The third kappa shape index (κ3) is 5.07. The van der Waals surface area contributed by atoms with E-state index in [1.165, 1.54) is 44.2 Å². The molecule has 4 heteroatoms. The van der Waals surface area contributed by atoms with Crippen LogP contribution in [0.3, 0.4) is 0 Å². The number of rotatable bonds is 5. The van der Waals surface area contributed by atoms with Gasteiger partial charge in [0.2, 0.25) is 0 Å². The Morgan fingerprint density at radius 3 is 1.94 bits per heavy atom. The number of nitrogens with one attached hydrogen (secondary N) is 1. The first-order valence-electron chi connectivity index (χ1n) is 17.3. The summed E-state index contributed by atoms with van der Waals surface area (Å²) in [4.78, 5) is 4.45. The Hall–Kier alpha value is -6.52. The summed E-state index contributed by atoms with van der Waals surface area (Å²) in [6, 6.07) is 57.5. The van der Waals surface area contributed by atoms with Gasteiger partial charge in [0.05, 0.1) is 11.0 Å². The zero-order chi connectivity index (χ0) is 34.7. The highest BCUT2D eigenvalue weighted by Gasteiger charge is 2.35. The van der Waals surface area contributed by atoms with Gasteiger partial charge >= 0.3 is 0 Å². The highest BCUT2D eigenvalue weighted by atomic mass is 15.0. The number of benzene rings is 7. The first kappa shape index (κ1) is 30.5. The lowest BCUT2D eigenvalue weighted by Gasteiger charge is -2.22. The number of aliphatic imine (C=N–C) groups is 1. The van der Waals surface area contributed by atoms with Gasteiger partial charge < -0.3 is 10.3 Å². The topological polar surface area (TPSA) is 67.2 Å². The molecule has 0 unspecified atom stereocenters. The van der Waals surface area contributed by atoms with Gasteiger partial charge in [0.15, 0.2) is 5.84 Å². The molecule has 0 saturated carbocycles. The van der Waals surface area contributed by atoms with Crippen molar-refractivity contribution in [2.45, 2.75) is 19.3 Å². The van der Waals surface area contributed by atoms with E-state index < -0.39 is 0 Å². The van der Waals surface area contributed by atoms with Crippen LogP contribution >= 0.6 is 0 Å². The molecule has 1 aliphatic rings. The fourth-order valence-electron chi connectivity index (χ4n) is 7.82. The fraction of sp³-hybridized carbons (Fsp3) is 0.0638. The van der Waals surface area contributed by atoms with E-state index in [4.69, 9.17) is 11.1 Å². The van der Waals surface area contributed by atoms with E-state index in [1.807, 2.05) is 42.5 Å². The van der Waals surface area contributed by atoms with Gasteiger partial charge in [-0.3, -0.25) is 5.41 Å². The van der Waals surface area contributed by atoms with Gasteiger partial charge in [-0.2, -0.15) is 0 Å². The average Bonchev–Trinajstić information content (AvgIpc) is 3.63. The lowest BCUT2D eigenvalue weighted by molar-refractivity contribution is 0.660. The number of nitrogens with two attached hydrogens (primary N) is 1. The van der Waals surface area contributed by atoms with Crippen molar-refractivity contribution in [3.63, 3.8) is 0 Å². The van der Waals surface area contributed by atoms with E-state index in [0.717, 1.165) is 39.0 Å². The van der Waals surface area contributed by atoms with E-state index in [1.54, 1.807) is 0 Å². The van der Waals surface area contributed by atoms with Crippen LogP contribution in [0.4, 0.5) is 0 Å². The van der Waals surface area contributed by atoms with Crippen LogP contribution in [0.5, 0.6) is 0 Å². The largest absolute Gasteiger partial charge is 0.383 e. The van der Waals surface area contributed by atoms with Crippen LogP contribution in [0, 0.1) is 5.41 Å². The molecule has 4 nitrogen and oxygen atoms in total. The Morgan fingerprint density at radius 2 is 1.14 bits per heavy atom. The quantitative estimate of drug-likeness (QED) is 0.140. The summed E-state index contributed by atoms with van der Waals surface area (Å²) in [5, 5.41) is 10.9.